The Morgan fingerprint density at radius 2 is 1.71 bits per heavy atom. The Labute approximate surface area is 138 Å². The van der Waals surface area contributed by atoms with E-state index in [9.17, 15) is 28.0 Å². The standard InChI is InChI=1S/C15H16O8S/c1-22-10-5-3-9(4-6-10)14(16)11-7-13(24(19,20)21)12(23-2)8-15(11,17)18/h3-8,11,17-18H,1-2H3,(H,19,20,21). The number of ether oxygens (including phenoxy) is 2. The summed E-state index contributed by atoms with van der Waals surface area (Å²) in [5.74, 6) is -5.07. The molecule has 0 amide bonds. The van der Waals surface area contributed by atoms with Gasteiger partial charge in [0.25, 0.3) is 10.1 Å². The average Bonchev–Trinajstić information content (AvgIpc) is 2.52. The predicted molar refractivity (Wildman–Crippen MR) is 82.7 cm³/mol. The molecule has 0 aromatic heterocycles. The molecule has 2 rings (SSSR count). The Hall–Kier alpha value is -2.20. The summed E-state index contributed by atoms with van der Waals surface area (Å²) in [6.45, 7) is 0. The van der Waals surface area contributed by atoms with Gasteiger partial charge in [-0.2, -0.15) is 8.42 Å². The molecular formula is C15H16O8S. The van der Waals surface area contributed by atoms with E-state index in [-0.39, 0.29) is 5.56 Å². The maximum absolute atomic E-state index is 12.5. The number of rotatable bonds is 5. The summed E-state index contributed by atoms with van der Waals surface area (Å²) in [4.78, 5) is 11.8. The minimum Gasteiger partial charge on any atom is -0.497 e. The number of ketones is 1. The Morgan fingerprint density at radius 3 is 2.17 bits per heavy atom. The van der Waals surface area contributed by atoms with Crippen LogP contribution in [0.25, 0.3) is 0 Å². The largest absolute Gasteiger partial charge is 0.497 e. The second-order valence-corrected chi connectivity index (χ2v) is 6.46. The molecule has 1 aliphatic carbocycles. The van der Waals surface area contributed by atoms with E-state index in [0.717, 1.165) is 13.2 Å². The molecular weight excluding hydrogens is 340 g/mol. The molecule has 0 aliphatic heterocycles. The van der Waals surface area contributed by atoms with Crippen LogP contribution < -0.4 is 4.74 Å². The number of hydrogen-bond donors (Lipinski definition) is 3. The first kappa shape index (κ1) is 18.1. The van der Waals surface area contributed by atoms with Crippen molar-refractivity contribution in [3.8, 4) is 5.75 Å². The molecule has 1 aromatic carbocycles. The van der Waals surface area contributed by atoms with Crippen LogP contribution in [-0.4, -0.2) is 49.0 Å². The first-order valence-electron chi connectivity index (χ1n) is 6.69. The highest BCUT2D eigenvalue weighted by Crippen LogP contribution is 2.34. The van der Waals surface area contributed by atoms with Gasteiger partial charge in [0.15, 0.2) is 5.78 Å². The molecule has 0 bridgehead atoms. The van der Waals surface area contributed by atoms with Gasteiger partial charge in [0, 0.05) is 11.6 Å². The van der Waals surface area contributed by atoms with Crippen LogP contribution in [-0.2, 0) is 14.9 Å². The van der Waals surface area contributed by atoms with Crippen LogP contribution in [0.4, 0.5) is 0 Å². The molecule has 1 atom stereocenters. The molecule has 1 unspecified atom stereocenters. The van der Waals surface area contributed by atoms with Crippen molar-refractivity contribution in [1.29, 1.82) is 0 Å². The molecule has 0 spiro atoms. The third-order valence-electron chi connectivity index (χ3n) is 3.52. The van der Waals surface area contributed by atoms with E-state index in [2.05, 4.69) is 0 Å². The van der Waals surface area contributed by atoms with Gasteiger partial charge in [-0.25, -0.2) is 0 Å². The lowest BCUT2D eigenvalue weighted by Gasteiger charge is -2.30. The van der Waals surface area contributed by atoms with Gasteiger partial charge in [0.05, 0.1) is 20.1 Å². The lowest BCUT2D eigenvalue weighted by Crippen LogP contribution is -2.42. The second kappa shape index (κ2) is 6.36. The van der Waals surface area contributed by atoms with Crippen LogP contribution in [0.5, 0.6) is 5.75 Å². The van der Waals surface area contributed by atoms with Gasteiger partial charge in [-0.1, -0.05) is 0 Å². The lowest BCUT2D eigenvalue weighted by atomic mass is 9.86. The highest BCUT2D eigenvalue weighted by atomic mass is 32.2. The van der Waals surface area contributed by atoms with Crippen LogP contribution >= 0.6 is 0 Å². The molecule has 1 aromatic rings. The third kappa shape index (κ3) is 3.49. The molecule has 0 heterocycles. The highest BCUT2D eigenvalue weighted by Gasteiger charge is 2.43. The second-order valence-electron chi connectivity index (χ2n) is 5.07. The van der Waals surface area contributed by atoms with Gasteiger partial charge in [0.1, 0.15) is 16.4 Å². The molecule has 1 aliphatic rings. The zero-order chi connectivity index (χ0) is 18.1. The Balaban J connectivity index is 2.48. The number of aliphatic hydroxyl groups is 2. The molecule has 130 valence electrons. The predicted octanol–water partition coefficient (Wildman–Crippen LogP) is 0.491. The van der Waals surface area contributed by atoms with Crippen molar-refractivity contribution in [2.24, 2.45) is 5.92 Å². The quantitative estimate of drug-likeness (QED) is 0.395. The minimum absolute atomic E-state index is 0.105. The fourth-order valence-corrected chi connectivity index (χ4v) is 2.99. The number of Topliss-reactive ketones (excluding diaryl/α,β-unsaturated/α-hetero) is 1. The van der Waals surface area contributed by atoms with Crippen molar-refractivity contribution in [3.63, 3.8) is 0 Å². The van der Waals surface area contributed by atoms with Crippen molar-refractivity contribution >= 4 is 15.9 Å². The Morgan fingerprint density at radius 1 is 1.12 bits per heavy atom. The molecule has 9 heteroatoms. The van der Waals surface area contributed by atoms with Crippen molar-refractivity contribution < 1.29 is 37.5 Å². The topological polar surface area (TPSA) is 130 Å². The summed E-state index contributed by atoms with van der Waals surface area (Å²) < 4.78 is 41.8. The summed E-state index contributed by atoms with van der Waals surface area (Å²) in [5.41, 5.74) is 0.105. The molecule has 8 nitrogen and oxygen atoms in total. The van der Waals surface area contributed by atoms with E-state index < -0.39 is 38.3 Å². The zero-order valence-corrected chi connectivity index (χ0v) is 13.6. The summed E-state index contributed by atoms with van der Waals surface area (Å²) in [5, 5.41) is 20.2. The SMILES string of the molecule is COC1=CC(O)(O)C(C(=O)c2ccc(OC)cc2)C=C1S(=O)(=O)O. The lowest BCUT2D eigenvalue weighted by molar-refractivity contribution is -0.139. The van der Waals surface area contributed by atoms with Crippen LogP contribution in [0.1, 0.15) is 10.4 Å². The minimum atomic E-state index is -4.72. The van der Waals surface area contributed by atoms with E-state index in [1.165, 1.54) is 31.4 Å². The third-order valence-corrected chi connectivity index (χ3v) is 4.41. The number of carbonyl (C=O) groups is 1. The normalized spacial score (nSPS) is 20.0. The van der Waals surface area contributed by atoms with Crippen LogP contribution in [0.2, 0.25) is 0 Å². The molecule has 0 saturated heterocycles. The van der Waals surface area contributed by atoms with Crippen LogP contribution in [0.3, 0.4) is 0 Å². The van der Waals surface area contributed by atoms with Gasteiger partial charge in [-0.05, 0) is 30.3 Å². The first-order chi connectivity index (χ1) is 11.1. The maximum Gasteiger partial charge on any atom is 0.297 e. The number of methoxy groups -OCH3 is 2. The van der Waals surface area contributed by atoms with Gasteiger partial charge in [0.2, 0.25) is 5.79 Å². The molecule has 24 heavy (non-hydrogen) atoms. The van der Waals surface area contributed by atoms with E-state index >= 15 is 0 Å². The zero-order valence-electron chi connectivity index (χ0n) is 12.8. The molecule has 0 radical (unpaired) electrons. The average molecular weight is 356 g/mol. The van der Waals surface area contributed by atoms with Crippen molar-refractivity contribution in [3.05, 3.63) is 52.6 Å². The highest BCUT2D eigenvalue weighted by molar-refractivity contribution is 7.90. The van der Waals surface area contributed by atoms with Gasteiger partial charge in [-0.15, -0.1) is 0 Å². The Kier molecular flexibility index (Phi) is 4.81. The number of benzene rings is 1. The fraction of sp³-hybridized carbons (Fsp3) is 0.267. The molecule has 0 saturated carbocycles. The fourth-order valence-electron chi connectivity index (χ4n) is 2.29. The van der Waals surface area contributed by atoms with E-state index in [1.807, 2.05) is 0 Å². The maximum atomic E-state index is 12.5. The van der Waals surface area contributed by atoms with Crippen molar-refractivity contribution in [1.82, 2.24) is 0 Å². The van der Waals surface area contributed by atoms with Crippen molar-refractivity contribution in [2.75, 3.05) is 14.2 Å². The van der Waals surface area contributed by atoms with E-state index in [4.69, 9.17) is 9.47 Å². The summed E-state index contributed by atoms with van der Waals surface area (Å²) in [6.07, 6.45) is 1.41. The summed E-state index contributed by atoms with van der Waals surface area (Å²) in [6, 6.07) is 5.79. The molecule has 0 fully saturated rings. The van der Waals surface area contributed by atoms with Crippen molar-refractivity contribution in [2.45, 2.75) is 5.79 Å². The van der Waals surface area contributed by atoms with E-state index in [1.54, 1.807) is 0 Å². The van der Waals surface area contributed by atoms with Crippen LogP contribution in [0, 0.1) is 5.92 Å². The Bertz CT molecular complexity index is 802. The van der Waals surface area contributed by atoms with Crippen LogP contribution in [0.15, 0.2) is 47.1 Å². The monoisotopic (exact) mass is 356 g/mol. The molecule has 3 N–H and O–H groups in total. The number of carbonyl (C=O) groups excluding carboxylic acids is 1. The summed E-state index contributed by atoms with van der Waals surface area (Å²) >= 11 is 0. The smallest absolute Gasteiger partial charge is 0.297 e. The first-order valence-corrected chi connectivity index (χ1v) is 8.13. The number of hydrogen-bond acceptors (Lipinski definition) is 7. The van der Waals surface area contributed by atoms with Gasteiger partial charge < -0.3 is 19.7 Å². The summed E-state index contributed by atoms with van der Waals surface area (Å²) in [7, 11) is -2.19. The van der Waals surface area contributed by atoms with E-state index in [0.29, 0.717) is 11.8 Å². The van der Waals surface area contributed by atoms with Gasteiger partial charge in [-0.3, -0.25) is 9.35 Å². The van der Waals surface area contributed by atoms with Gasteiger partial charge >= 0.3 is 0 Å².